The molecule has 0 radical (unpaired) electrons. The maximum atomic E-state index is 12.5. The van der Waals surface area contributed by atoms with Crippen LogP contribution < -0.4 is 20.1 Å². The van der Waals surface area contributed by atoms with Crippen molar-refractivity contribution in [2.24, 2.45) is 0 Å². The molecule has 3 aromatic rings. The Bertz CT molecular complexity index is 1250. The van der Waals surface area contributed by atoms with Crippen LogP contribution in [0.3, 0.4) is 0 Å². The number of amides is 1. The van der Waals surface area contributed by atoms with Gasteiger partial charge in [-0.3, -0.25) is 10.1 Å². The van der Waals surface area contributed by atoms with Crippen LogP contribution in [0.25, 0.3) is 0 Å². The second-order valence-electron chi connectivity index (χ2n) is 7.24. The summed E-state index contributed by atoms with van der Waals surface area (Å²) in [6.45, 7) is 2.79. The van der Waals surface area contributed by atoms with E-state index in [2.05, 4.69) is 31.3 Å². The number of nitrogens with one attached hydrogen (secondary N) is 3. The van der Waals surface area contributed by atoms with Gasteiger partial charge >= 0.3 is 0 Å². The molecule has 0 unspecified atom stereocenters. The molecule has 0 saturated carbocycles. The standard InChI is InChI=1S/C24H24BrN3O4S2/c1-2-14-32-22-13-8-18(15-21(22)25)23(29)28-24(33)27-19-9-11-20(12-10-19)34(30,31)26-16-17-6-4-3-5-7-17/h3-13,15,26H,2,14,16H2,1H3,(H2,27,28,29,33). The molecule has 0 atom stereocenters. The molecule has 3 rings (SSSR count). The predicted octanol–water partition coefficient (Wildman–Crippen LogP) is 4.84. The zero-order valence-corrected chi connectivity index (χ0v) is 21.6. The highest BCUT2D eigenvalue weighted by Gasteiger charge is 2.14. The number of rotatable bonds is 9. The van der Waals surface area contributed by atoms with E-state index in [4.69, 9.17) is 17.0 Å². The highest BCUT2D eigenvalue weighted by Crippen LogP contribution is 2.26. The summed E-state index contributed by atoms with van der Waals surface area (Å²) in [6.07, 6.45) is 0.881. The third-order valence-electron chi connectivity index (χ3n) is 4.61. The van der Waals surface area contributed by atoms with E-state index in [0.717, 1.165) is 12.0 Å². The van der Waals surface area contributed by atoms with E-state index in [1.165, 1.54) is 12.1 Å². The van der Waals surface area contributed by atoms with Gasteiger partial charge in [-0.15, -0.1) is 0 Å². The molecule has 0 bridgehead atoms. The lowest BCUT2D eigenvalue weighted by Crippen LogP contribution is -2.34. The first-order chi connectivity index (χ1) is 16.3. The molecule has 0 aliphatic heterocycles. The monoisotopic (exact) mass is 561 g/mol. The van der Waals surface area contributed by atoms with E-state index in [1.54, 1.807) is 30.3 Å². The molecule has 0 aliphatic carbocycles. The van der Waals surface area contributed by atoms with Crippen LogP contribution in [0.4, 0.5) is 5.69 Å². The number of benzene rings is 3. The number of thiocarbonyl (C=S) groups is 1. The van der Waals surface area contributed by atoms with Gasteiger partial charge in [-0.05, 0) is 82.6 Å². The van der Waals surface area contributed by atoms with E-state index in [0.29, 0.717) is 28.1 Å². The van der Waals surface area contributed by atoms with Gasteiger partial charge in [-0.1, -0.05) is 37.3 Å². The van der Waals surface area contributed by atoms with Crippen LogP contribution >= 0.6 is 28.1 Å². The van der Waals surface area contributed by atoms with Crippen molar-refractivity contribution >= 4 is 54.9 Å². The third kappa shape index (κ3) is 7.36. The lowest BCUT2D eigenvalue weighted by atomic mass is 10.2. The molecular weight excluding hydrogens is 538 g/mol. The van der Waals surface area contributed by atoms with Crippen molar-refractivity contribution in [3.63, 3.8) is 0 Å². The van der Waals surface area contributed by atoms with Crippen LogP contribution in [-0.2, 0) is 16.6 Å². The fraction of sp³-hybridized carbons (Fsp3) is 0.167. The van der Waals surface area contributed by atoms with Gasteiger partial charge in [-0.25, -0.2) is 13.1 Å². The van der Waals surface area contributed by atoms with Crippen LogP contribution in [0.1, 0.15) is 29.3 Å². The number of anilines is 1. The zero-order chi connectivity index (χ0) is 24.6. The van der Waals surface area contributed by atoms with Gasteiger partial charge in [0.05, 0.1) is 16.0 Å². The fourth-order valence-corrected chi connectivity index (χ4v) is 4.61. The molecule has 10 heteroatoms. The van der Waals surface area contributed by atoms with Crippen molar-refractivity contribution in [1.82, 2.24) is 10.0 Å². The third-order valence-corrected chi connectivity index (χ3v) is 6.86. The Kier molecular flexibility index (Phi) is 9.17. The number of hydrogen-bond acceptors (Lipinski definition) is 5. The first-order valence-electron chi connectivity index (χ1n) is 10.5. The summed E-state index contributed by atoms with van der Waals surface area (Å²) < 4.78 is 33.9. The Balaban J connectivity index is 1.56. The summed E-state index contributed by atoms with van der Waals surface area (Å²) in [5.41, 5.74) is 1.81. The second kappa shape index (κ2) is 12.1. The highest BCUT2D eigenvalue weighted by atomic mass is 79.9. The minimum Gasteiger partial charge on any atom is -0.492 e. The van der Waals surface area contributed by atoms with E-state index < -0.39 is 10.0 Å². The minimum atomic E-state index is -3.67. The van der Waals surface area contributed by atoms with Gasteiger partial charge in [0.2, 0.25) is 10.0 Å². The lowest BCUT2D eigenvalue weighted by Gasteiger charge is -2.12. The molecule has 1 amide bonds. The van der Waals surface area contributed by atoms with E-state index in [-0.39, 0.29) is 22.5 Å². The van der Waals surface area contributed by atoms with Crippen LogP contribution in [0.15, 0.2) is 82.2 Å². The largest absolute Gasteiger partial charge is 0.492 e. The molecule has 0 aromatic heterocycles. The number of carbonyl (C=O) groups is 1. The van der Waals surface area contributed by atoms with Gasteiger partial charge in [0.25, 0.3) is 5.91 Å². The Labute approximate surface area is 213 Å². The Hall–Kier alpha value is -2.79. The van der Waals surface area contributed by atoms with Gasteiger partial charge < -0.3 is 10.1 Å². The molecule has 3 aromatic carbocycles. The number of halogens is 1. The number of hydrogen-bond donors (Lipinski definition) is 3. The van der Waals surface area contributed by atoms with Crippen molar-refractivity contribution in [3.05, 3.63) is 88.4 Å². The first kappa shape index (κ1) is 25.8. The maximum Gasteiger partial charge on any atom is 0.257 e. The summed E-state index contributed by atoms with van der Waals surface area (Å²) in [6, 6.07) is 20.4. The predicted molar refractivity (Wildman–Crippen MR) is 141 cm³/mol. The number of carbonyl (C=O) groups excluding carboxylic acids is 1. The molecule has 0 spiro atoms. The zero-order valence-electron chi connectivity index (χ0n) is 18.4. The molecule has 34 heavy (non-hydrogen) atoms. The molecule has 0 fully saturated rings. The average Bonchev–Trinajstić information content (AvgIpc) is 2.83. The van der Waals surface area contributed by atoms with Crippen molar-refractivity contribution < 1.29 is 17.9 Å². The van der Waals surface area contributed by atoms with Crippen molar-refractivity contribution in [3.8, 4) is 5.75 Å². The summed E-state index contributed by atoms with van der Waals surface area (Å²) in [4.78, 5) is 12.6. The van der Waals surface area contributed by atoms with E-state index >= 15 is 0 Å². The minimum absolute atomic E-state index is 0.0882. The summed E-state index contributed by atoms with van der Waals surface area (Å²) in [7, 11) is -3.67. The molecule has 0 heterocycles. The number of sulfonamides is 1. The quantitative estimate of drug-likeness (QED) is 0.323. The average molecular weight is 563 g/mol. The van der Waals surface area contributed by atoms with Crippen LogP contribution in [0, 0.1) is 0 Å². The normalized spacial score (nSPS) is 11.0. The van der Waals surface area contributed by atoms with E-state index in [9.17, 15) is 13.2 Å². The summed E-state index contributed by atoms with van der Waals surface area (Å²) in [5.74, 6) is 0.275. The first-order valence-corrected chi connectivity index (χ1v) is 13.2. The van der Waals surface area contributed by atoms with Crippen molar-refractivity contribution in [1.29, 1.82) is 0 Å². The topological polar surface area (TPSA) is 96.5 Å². The van der Waals surface area contributed by atoms with Crippen LogP contribution in [0.2, 0.25) is 0 Å². The van der Waals surface area contributed by atoms with Crippen LogP contribution in [-0.4, -0.2) is 26.0 Å². The van der Waals surface area contributed by atoms with Gasteiger partial charge in [0.1, 0.15) is 5.75 Å². The summed E-state index contributed by atoms with van der Waals surface area (Å²) >= 11 is 8.63. The molecular formula is C24H24BrN3O4S2. The second-order valence-corrected chi connectivity index (χ2v) is 10.3. The molecule has 0 saturated heterocycles. The van der Waals surface area contributed by atoms with Crippen molar-refractivity contribution in [2.45, 2.75) is 24.8 Å². The molecule has 7 nitrogen and oxygen atoms in total. The number of ether oxygens (including phenoxy) is 1. The highest BCUT2D eigenvalue weighted by molar-refractivity contribution is 9.10. The van der Waals surface area contributed by atoms with Crippen molar-refractivity contribution in [2.75, 3.05) is 11.9 Å². The van der Waals surface area contributed by atoms with Gasteiger partial charge in [0, 0.05) is 17.8 Å². The Morgan fingerprint density at radius 1 is 1.03 bits per heavy atom. The smallest absolute Gasteiger partial charge is 0.257 e. The molecule has 0 aliphatic rings. The summed E-state index contributed by atoms with van der Waals surface area (Å²) in [5, 5.41) is 5.58. The fourth-order valence-electron chi connectivity index (χ4n) is 2.88. The maximum absolute atomic E-state index is 12.5. The van der Waals surface area contributed by atoms with Crippen LogP contribution in [0.5, 0.6) is 5.75 Å². The van der Waals surface area contributed by atoms with Gasteiger partial charge in [0.15, 0.2) is 5.11 Å². The molecule has 178 valence electrons. The Morgan fingerprint density at radius 2 is 1.74 bits per heavy atom. The van der Waals surface area contributed by atoms with Gasteiger partial charge in [-0.2, -0.15) is 0 Å². The Morgan fingerprint density at radius 3 is 2.38 bits per heavy atom. The lowest BCUT2D eigenvalue weighted by molar-refractivity contribution is 0.0977. The SMILES string of the molecule is CCCOc1ccc(C(=O)NC(=S)Nc2ccc(S(=O)(=O)NCc3ccccc3)cc2)cc1Br. The molecule has 3 N–H and O–H groups in total. The van der Waals surface area contributed by atoms with E-state index in [1.807, 2.05) is 37.3 Å².